The van der Waals surface area contributed by atoms with Crippen LogP contribution in [0.5, 0.6) is 0 Å². The zero-order valence-corrected chi connectivity index (χ0v) is 13.2. The number of ether oxygens (including phenoxy) is 1. The third-order valence-electron chi connectivity index (χ3n) is 3.42. The van der Waals surface area contributed by atoms with E-state index in [9.17, 15) is 4.79 Å². The van der Waals surface area contributed by atoms with Gasteiger partial charge in [0, 0.05) is 28.9 Å². The van der Waals surface area contributed by atoms with Gasteiger partial charge in [-0.25, -0.2) is 0 Å². The van der Waals surface area contributed by atoms with Crippen molar-refractivity contribution in [1.82, 2.24) is 0 Å². The summed E-state index contributed by atoms with van der Waals surface area (Å²) in [6.45, 7) is 0.845. The normalized spacial score (nSPS) is 19.4. The van der Waals surface area contributed by atoms with Crippen LogP contribution in [-0.4, -0.2) is 18.5 Å². The molecule has 2 rings (SSSR count). The molecular formula is C15H18BrClO2. The van der Waals surface area contributed by atoms with Crippen LogP contribution in [0.4, 0.5) is 0 Å². The number of carbonyl (C=O) groups excluding carboxylic acids is 1. The topological polar surface area (TPSA) is 26.3 Å². The molecule has 0 aromatic heterocycles. The Bertz CT molecular complexity index is 442. The molecule has 1 heterocycles. The van der Waals surface area contributed by atoms with Crippen molar-refractivity contribution in [2.75, 3.05) is 6.61 Å². The second-order valence-electron chi connectivity index (χ2n) is 4.98. The molecule has 0 N–H and O–H groups in total. The Kier molecular flexibility index (Phi) is 5.86. The van der Waals surface area contributed by atoms with E-state index in [0.717, 1.165) is 35.9 Å². The maximum absolute atomic E-state index is 12.0. The maximum Gasteiger partial charge on any atom is 0.137 e. The Morgan fingerprint density at radius 2 is 2.26 bits per heavy atom. The molecule has 1 aliphatic rings. The third-order valence-corrected chi connectivity index (χ3v) is 4.27. The quantitative estimate of drug-likeness (QED) is 0.782. The molecule has 0 bridgehead atoms. The first-order valence-corrected chi connectivity index (χ1v) is 7.89. The summed E-state index contributed by atoms with van der Waals surface area (Å²) in [5.74, 6) is 0.235. The van der Waals surface area contributed by atoms with Crippen LogP contribution in [-0.2, 0) is 16.0 Å². The van der Waals surface area contributed by atoms with Gasteiger partial charge < -0.3 is 4.74 Å². The standard InChI is InChI=1S/C15H18BrClO2/c16-12-5-4-11(15(17)10-12)9-13(18)6-7-14-3-1-2-8-19-14/h4-5,10,14H,1-3,6-9H2. The van der Waals surface area contributed by atoms with Crippen LogP contribution in [0.2, 0.25) is 5.02 Å². The van der Waals surface area contributed by atoms with E-state index in [-0.39, 0.29) is 11.9 Å². The van der Waals surface area contributed by atoms with Gasteiger partial charge in [0.15, 0.2) is 0 Å². The second-order valence-corrected chi connectivity index (χ2v) is 6.30. The van der Waals surface area contributed by atoms with Crippen LogP contribution in [0.1, 0.15) is 37.7 Å². The minimum Gasteiger partial charge on any atom is -0.378 e. The molecule has 4 heteroatoms. The molecule has 104 valence electrons. The molecule has 2 nitrogen and oxygen atoms in total. The number of rotatable bonds is 5. The number of hydrogen-bond donors (Lipinski definition) is 0. The van der Waals surface area contributed by atoms with Crippen LogP contribution in [0.25, 0.3) is 0 Å². The summed E-state index contributed by atoms with van der Waals surface area (Å²) in [6.07, 6.45) is 5.57. The lowest BCUT2D eigenvalue weighted by atomic mass is 10.0. The average molecular weight is 346 g/mol. The van der Waals surface area contributed by atoms with E-state index in [1.165, 1.54) is 6.42 Å². The van der Waals surface area contributed by atoms with Crippen LogP contribution < -0.4 is 0 Å². The molecule has 0 saturated carbocycles. The lowest BCUT2D eigenvalue weighted by molar-refractivity contribution is -0.119. The van der Waals surface area contributed by atoms with Gasteiger partial charge in [0.1, 0.15) is 5.78 Å². The van der Waals surface area contributed by atoms with E-state index < -0.39 is 0 Å². The summed E-state index contributed by atoms with van der Waals surface area (Å²) in [5, 5.41) is 0.650. The molecule has 1 aromatic rings. The van der Waals surface area contributed by atoms with Gasteiger partial charge in [-0.3, -0.25) is 4.79 Å². The molecule has 1 unspecified atom stereocenters. The van der Waals surface area contributed by atoms with Crippen LogP contribution >= 0.6 is 27.5 Å². The van der Waals surface area contributed by atoms with Gasteiger partial charge in [0.25, 0.3) is 0 Å². The summed E-state index contributed by atoms with van der Waals surface area (Å²) in [4.78, 5) is 12.0. The second kappa shape index (κ2) is 7.41. The largest absolute Gasteiger partial charge is 0.378 e. The SMILES string of the molecule is O=C(CCC1CCCCO1)Cc1ccc(Br)cc1Cl. The molecule has 19 heavy (non-hydrogen) atoms. The minimum atomic E-state index is 0.235. The number of carbonyl (C=O) groups is 1. The van der Waals surface area contributed by atoms with Gasteiger partial charge in [-0.2, -0.15) is 0 Å². The Hall–Kier alpha value is -0.380. The number of Topliss-reactive ketones (excluding diaryl/α,β-unsaturated/α-hetero) is 1. The average Bonchev–Trinajstić information content (AvgIpc) is 2.41. The molecule has 1 fully saturated rings. The van der Waals surface area contributed by atoms with E-state index in [2.05, 4.69) is 15.9 Å². The molecule has 0 amide bonds. The van der Waals surface area contributed by atoms with E-state index in [4.69, 9.17) is 16.3 Å². The smallest absolute Gasteiger partial charge is 0.137 e. The summed E-state index contributed by atoms with van der Waals surface area (Å²) >= 11 is 9.47. The first kappa shape index (κ1) is 15.0. The van der Waals surface area contributed by atoms with Crippen LogP contribution in [0.3, 0.4) is 0 Å². The zero-order valence-electron chi connectivity index (χ0n) is 10.8. The lowest BCUT2D eigenvalue weighted by Crippen LogP contribution is -2.20. The highest BCUT2D eigenvalue weighted by Gasteiger charge is 2.16. The number of ketones is 1. The summed E-state index contributed by atoms with van der Waals surface area (Å²) in [7, 11) is 0. The molecular weight excluding hydrogens is 328 g/mol. The van der Waals surface area contributed by atoms with Crippen molar-refractivity contribution in [2.45, 2.75) is 44.6 Å². The molecule has 0 radical (unpaired) electrons. The predicted octanol–water partition coefficient (Wildman–Crippen LogP) is 4.56. The summed E-state index contributed by atoms with van der Waals surface area (Å²) in [5.41, 5.74) is 0.902. The van der Waals surface area contributed by atoms with Crippen molar-refractivity contribution in [2.24, 2.45) is 0 Å². The Balaban J connectivity index is 1.80. The molecule has 1 atom stereocenters. The van der Waals surface area contributed by atoms with E-state index >= 15 is 0 Å². The van der Waals surface area contributed by atoms with Crippen LogP contribution in [0.15, 0.2) is 22.7 Å². The molecule has 1 saturated heterocycles. The molecule has 1 aliphatic heterocycles. The van der Waals surface area contributed by atoms with Gasteiger partial charge in [0.05, 0.1) is 6.10 Å². The third kappa shape index (κ3) is 4.90. The molecule has 0 aliphatic carbocycles. The van der Waals surface area contributed by atoms with Crippen molar-refractivity contribution in [3.8, 4) is 0 Å². The lowest BCUT2D eigenvalue weighted by Gasteiger charge is -2.22. The Morgan fingerprint density at radius 1 is 1.42 bits per heavy atom. The van der Waals surface area contributed by atoms with E-state index in [1.807, 2.05) is 18.2 Å². The van der Waals surface area contributed by atoms with Gasteiger partial charge in [-0.1, -0.05) is 33.6 Å². The first-order valence-electron chi connectivity index (χ1n) is 6.72. The van der Waals surface area contributed by atoms with Crippen molar-refractivity contribution in [3.05, 3.63) is 33.3 Å². The van der Waals surface area contributed by atoms with Crippen molar-refractivity contribution < 1.29 is 9.53 Å². The summed E-state index contributed by atoms with van der Waals surface area (Å²) < 4.78 is 6.57. The van der Waals surface area contributed by atoms with Gasteiger partial charge in [0.2, 0.25) is 0 Å². The molecule has 1 aromatic carbocycles. The highest BCUT2D eigenvalue weighted by Crippen LogP contribution is 2.23. The van der Waals surface area contributed by atoms with Gasteiger partial charge in [-0.05, 0) is 43.4 Å². The van der Waals surface area contributed by atoms with Crippen molar-refractivity contribution in [3.63, 3.8) is 0 Å². The first-order chi connectivity index (χ1) is 9.15. The van der Waals surface area contributed by atoms with Gasteiger partial charge >= 0.3 is 0 Å². The Morgan fingerprint density at radius 3 is 2.95 bits per heavy atom. The number of benzene rings is 1. The zero-order chi connectivity index (χ0) is 13.7. The van der Waals surface area contributed by atoms with Gasteiger partial charge in [-0.15, -0.1) is 0 Å². The predicted molar refractivity (Wildman–Crippen MR) is 80.7 cm³/mol. The fourth-order valence-corrected chi connectivity index (χ4v) is 3.06. The number of hydrogen-bond acceptors (Lipinski definition) is 2. The maximum atomic E-state index is 12.0. The highest BCUT2D eigenvalue weighted by atomic mass is 79.9. The van der Waals surface area contributed by atoms with Crippen LogP contribution in [0, 0.1) is 0 Å². The van der Waals surface area contributed by atoms with E-state index in [0.29, 0.717) is 17.9 Å². The Labute approximate surface area is 127 Å². The number of halogens is 2. The fraction of sp³-hybridized carbons (Fsp3) is 0.533. The van der Waals surface area contributed by atoms with E-state index in [1.54, 1.807) is 0 Å². The minimum absolute atomic E-state index is 0.235. The summed E-state index contributed by atoms with van der Waals surface area (Å²) in [6, 6.07) is 5.65. The fourth-order valence-electron chi connectivity index (χ4n) is 2.32. The van der Waals surface area contributed by atoms with Crippen molar-refractivity contribution in [1.29, 1.82) is 0 Å². The monoisotopic (exact) mass is 344 g/mol. The van der Waals surface area contributed by atoms with Crippen molar-refractivity contribution >= 4 is 33.3 Å². The highest BCUT2D eigenvalue weighted by molar-refractivity contribution is 9.10. The molecule has 0 spiro atoms.